The molecule has 4 rings (SSSR count). The van der Waals surface area contributed by atoms with Crippen LogP contribution < -0.4 is 4.57 Å². The number of nitrogens with zero attached hydrogens (tertiary/aromatic N) is 3. The van der Waals surface area contributed by atoms with Crippen LogP contribution in [0.25, 0.3) is 11.4 Å². The lowest BCUT2D eigenvalue weighted by molar-refractivity contribution is -0.705. The number of benzene rings is 1. The Balaban J connectivity index is 2.12. The predicted molar refractivity (Wildman–Crippen MR) is 122 cm³/mol. The summed E-state index contributed by atoms with van der Waals surface area (Å²) in [7, 11) is 0. The Morgan fingerprint density at radius 3 is 2.10 bits per heavy atom. The van der Waals surface area contributed by atoms with Gasteiger partial charge in [-0.15, -0.1) is 0 Å². The molecule has 0 saturated carbocycles. The summed E-state index contributed by atoms with van der Waals surface area (Å²) in [5.41, 5.74) is 3.68. The fourth-order valence-electron chi connectivity index (χ4n) is 4.70. The van der Waals surface area contributed by atoms with Gasteiger partial charge in [0.05, 0.1) is 17.2 Å². The molecule has 162 valence electrons. The molecule has 1 aromatic heterocycles. The molecule has 30 heavy (non-hydrogen) atoms. The Hall–Kier alpha value is -2.23. The Labute approximate surface area is 182 Å². The van der Waals surface area contributed by atoms with Crippen molar-refractivity contribution < 1.29 is 9.30 Å². The third-order valence-electron chi connectivity index (χ3n) is 6.26. The van der Waals surface area contributed by atoms with E-state index in [9.17, 15) is 0 Å². The van der Waals surface area contributed by atoms with Gasteiger partial charge in [-0.25, -0.2) is 4.57 Å². The first-order chi connectivity index (χ1) is 13.8. The summed E-state index contributed by atoms with van der Waals surface area (Å²) in [6.07, 6.45) is 4.59. The highest BCUT2D eigenvalue weighted by Crippen LogP contribution is 2.54. The van der Waals surface area contributed by atoms with Crippen molar-refractivity contribution in [1.82, 2.24) is 9.47 Å². The first-order valence-electron chi connectivity index (χ1n) is 11.3. The molecule has 0 amide bonds. The number of aromatic nitrogens is 2. The number of allylic oxidation sites excluding steroid dienone is 1. The average molecular weight is 409 g/mol. The molecule has 2 aliphatic heterocycles. The Morgan fingerprint density at radius 1 is 0.933 bits per heavy atom. The molecule has 2 aliphatic rings. The van der Waals surface area contributed by atoms with E-state index in [1.165, 1.54) is 22.6 Å². The fourth-order valence-corrected chi connectivity index (χ4v) is 4.70. The van der Waals surface area contributed by atoms with E-state index in [2.05, 4.69) is 120 Å². The quantitative estimate of drug-likeness (QED) is 0.575. The number of imidazole rings is 1. The van der Waals surface area contributed by atoms with Crippen LogP contribution in [0.4, 0.5) is 0 Å². The Morgan fingerprint density at radius 2 is 1.57 bits per heavy atom. The SMILES string of the molecule is CC(C)N1C=C(C(C)(C)C)OC12c1ccccc1-c1n2c(C(C)(C)C)c[n+]1C(C)C. The summed E-state index contributed by atoms with van der Waals surface area (Å²) in [5, 5.41) is 0. The number of hydrogen-bond acceptors (Lipinski definition) is 2. The van der Waals surface area contributed by atoms with E-state index >= 15 is 0 Å². The maximum atomic E-state index is 7.07. The first kappa shape index (κ1) is 21.0. The van der Waals surface area contributed by atoms with Crippen molar-refractivity contribution in [2.24, 2.45) is 5.41 Å². The second-order valence-corrected chi connectivity index (χ2v) is 11.4. The molecule has 3 heterocycles. The molecule has 1 unspecified atom stereocenters. The molecule has 1 aromatic carbocycles. The fraction of sp³-hybridized carbons (Fsp3) is 0.577. The van der Waals surface area contributed by atoms with Gasteiger partial charge in [0.15, 0.2) is 5.69 Å². The van der Waals surface area contributed by atoms with Gasteiger partial charge in [0.2, 0.25) is 0 Å². The van der Waals surface area contributed by atoms with Crippen molar-refractivity contribution in [3.63, 3.8) is 0 Å². The van der Waals surface area contributed by atoms with Gasteiger partial charge >= 0.3 is 5.85 Å². The highest BCUT2D eigenvalue weighted by Gasteiger charge is 2.63. The number of fused-ring (bicyclic) bond motifs is 5. The third kappa shape index (κ3) is 2.75. The monoisotopic (exact) mass is 408 g/mol. The predicted octanol–water partition coefficient (Wildman–Crippen LogP) is 5.92. The van der Waals surface area contributed by atoms with Crippen molar-refractivity contribution in [3.05, 3.63) is 53.7 Å². The van der Waals surface area contributed by atoms with Crippen molar-refractivity contribution in [3.8, 4) is 11.4 Å². The maximum absolute atomic E-state index is 7.07. The zero-order chi connectivity index (χ0) is 22.2. The summed E-state index contributed by atoms with van der Waals surface area (Å²) in [6, 6.07) is 9.41. The zero-order valence-corrected chi connectivity index (χ0v) is 20.4. The zero-order valence-electron chi connectivity index (χ0n) is 20.4. The van der Waals surface area contributed by atoms with Gasteiger partial charge in [0.25, 0.3) is 5.82 Å². The topological polar surface area (TPSA) is 21.3 Å². The maximum Gasteiger partial charge on any atom is 0.367 e. The second-order valence-electron chi connectivity index (χ2n) is 11.4. The first-order valence-corrected chi connectivity index (χ1v) is 11.3. The summed E-state index contributed by atoms with van der Waals surface area (Å²) in [5.74, 6) is 1.58. The molecule has 0 bridgehead atoms. The molecule has 1 spiro atoms. The van der Waals surface area contributed by atoms with Crippen molar-refractivity contribution >= 4 is 0 Å². The molecule has 4 heteroatoms. The van der Waals surface area contributed by atoms with Crippen molar-refractivity contribution in [2.75, 3.05) is 0 Å². The largest absolute Gasteiger partial charge is 0.431 e. The van der Waals surface area contributed by atoms with E-state index in [-0.39, 0.29) is 16.9 Å². The van der Waals surface area contributed by atoms with E-state index in [0.29, 0.717) is 6.04 Å². The Kier molecular flexibility index (Phi) is 4.47. The molecule has 1 atom stereocenters. The minimum absolute atomic E-state index is 0.0274. The van der Waals surface area contributed by atoms with Gasteiger partial charge in [-0.05, 0) is 39.8 Å². The minimum Gasteiger partial charge on any atom is -0.431 e. The molecular formula is C26H38N3O+. The van der Waals surface area contributed by atoms with Crippen LogP contribution in [0.15, 0.2) is 42.4 Å². The highest BCUT2D eigenvalue weighted by atomic mass is 16.6. The van der Waals surface area contributed by atoms with Crippen LogP contribution >= 0.6 is 0 Å². The molecular weight excluding hydrogens is 370 g/mol. The van der Waals surface area contributed by atoms with Gasteiger partial charge in [0.1, 0.15) is 12.0 Å². The lowest BCUT2D eigenvalue weighted by Crippen LogP contribution is -2.50. The molecule has 2 aromatic rings. The molecule has 0 saturated heterocycles. The van der Waals surface area contributed by atoms with Gasteiger partial charge in [-0.2, -0.15) is 4.57 Å². The molecule has 4 nitrogen and oxygen atoms in total. The standard InChI is InChI=1S/C26H38N3O/c1-17(2)27-15-21(24(5,6)7)29-23(27)19-13-11-12-14-20(19)26(29)28(18(3)4)16-22(30-26)25(8,9)10/h11-18H,1-10H3/q+1. The van der Waals surface area contributed by atoms with Gasteiger partial charge in [0, 0.05) is 23.1 Å². The summed E-state index contributed by atoms with van der Waals surface area (Å²) < 4.78 is 12.0. The smallest absolute Gasteiger partial charge is 0.367 e. The normalized spacial score (nSPS) is 20.8. The minimum atomic E-state index is -0.689. The van der Waals surface area contributed by atoms with Crippen LogP contribution in [0.2, 0.25) is 0 Å². The molecule has 0 N–H and O–H groups in total. The lowest BCUT2D eigenvalue weighted by Gasteiger charge is -2.37. The summed E-state index contributed by atoms with van der Waals surface area (Å²) in [4.78, 5) is 2.42. The van der Waals surface area contributed by atoms with Crippen LogP contribution in [-0.4, -0.2) is 15.5 Å². The van der Waals surface area contributed by atoms with Crippen LogP contribution in [0.3, 0.4) is 0 Å². The van der Waals surface area contributed by atoms with E-state index in [0.717, 1.165) is 5.76 Å². The van der Waals surface area contributed by atoms with Crippen LogP contribution in [0, 0.1) is 5.41 Å². The summed E-state index contributed by atoms with van der Waals surface area (Å²) in [6.45, 7) is 22.6. The Bertz CT molecular complexity index is 1010. The second kappa shape index (κ2) is 6.38. The van der Waals surface area contributed by atoms with Gasteiger partial charge < -0.3 is 4.74 Å². The molecule has 0 aliphatic carbocycles. The van der Waals surface area contributed by atoms with E-state index in [1.54, 1.807) is 0 Å². The molecule has 0 radical (unpaired) electrons. The van der Waals surface area contributed by atoms with Gasteiger partial charge in [-0.1, -0.05) is 53.7 Å². The van der Waals surface area contributed by atoms with Gasteiger partial charge in [-0.3, -0.25) is 4.90 Å². The highest BCUT2D eigenvalue weighted by molar-refractivity contribution is 5.67. The van der Waals surface area contributed by atoms with E-state index in [4.69, 9.17) is 4.74 Å². The molecule has 0 fully saturated rings. The van der Waals surface area contributed by atoms with E-state index in [1.807, 2.05) is 0 Å². The van der Waals surface area contributed by atoms with Crippen LogP contribution in [-0.2, 0) is 16.0 Å². The van der Waals surface area contributed by atoms with E-state index < -0.39 is 5.85 Å². The van der Waals surface area contributed by atoms with Crippen molar-refractivity contribution in [2.45, 2.75) is 92.6 Å². The van der Waals surface area contributed by atoms with Crippen LogP contribution in [0.1, 0.15) is 86.5 Å². The number of hydrogen-bond donors (Lipinski definition) is 0. The van der Waals surface area contributed by atoms with Crippen molar-refractivity contribution in [1.29, 1.82) is 0 Å². The lowest BCUT2D eigenvalue weighted by atomic mass is 9.92. The third-order valence-corrected chi connectivity index (χ3v) is 6.26. The van der Waals surface area contributed by atoms with Crippen LogP contribution in [0.5, 0.6) is 0 Å². The number of rotatable bonds is 2. The summed E-state index contributed by atoms with van der Waals surface area (Å²) >= 11 is 0. The average Bonchev–Trinajstić information content (AvgIpc) is 3.27. The number of ether oxygens (including phenoxy) is 1.